The molecule has 7 nitrogen and oxygen atoms in total. The number of nitrogens with zero attached hydrogens (tertiary/aromatic N) is 3. The lowest BCUT2D eigenvalue weighted by molar-refractivity contribution is 0.249. The summed E-state index contributed by atoms with van der Waals surface area (Å²) in [6, 6.07) is 11.6. The number of aliphatic imine (C=N–C) groups is 1. The van der Waals surface area contributed by atoms with Crippen LogP contribution in [0.1, 0.15) is 29.3 Å². The van der Waals surface area contributed by atoms with Crippen molar-refractivity contribution in [1.82, 2.24) is 19.8 Å². The van der Waals surface area contributed by atoms with Gasteiger partial charge in [0.1, 0.15) is 0 Å². The number of likely N-dealkylation sites (tertiary alicyclic amines) is 1. The summed E-state index contributed by atoms with van der Waals surface area (Å²) in [5, 5.41) is 8.91. The molecule has 2 heterocycles. The molecule has 1 aromatic heterocycles. The summed E-state index contributed by atoms with van der Waals surface area (Å²) in [5.41, 5.74) is 0.991. The standard InChI is InChI=1S/C21H31N5O2S2.HI/c1-22-21(23-15-17-8-10-18(11-9-17)30(27,28)25(2)3)24-16-19(20-7-6-14-29-20)26-12-4-5-13-26;/h6-11,14,19H,4-5,12-13,15-16H2,1-3H3,(H2,22,23,24);1H. The van der Waals surface area contributed by atoms with E-state index in [0.717, 1.165) is 31.2 Å². The normalized spacial score (nSPS) is 16.2. The van der Waals surface area contributed by atoms with Crippen molar-refractivity contribution in [1.29, 1.82) is 0 Å². The summed E-state index contributed by atoms with van der Waals surface area (Å²) in [5.74, 6) is 0.737. The lowest BCUT2D eigenvalue weighted by Gasteiger charge is -2.27. The quantitative estimate of drug-likeness (QED) is 0.287. The first-order valence-electron chi connectivity index (χ1n) is 10.2. The van der Waals surface area contributed by atoms with Crippen LogP contribution in [0, 0.1) is 0 Å². The third-order valence-electron chi connectivity index (χ3n) is 5.30. The van der Waals surface area contributed by atoms with Gasteiger partial charge in [-0.05, 0) is 55.1 Å². The molecule has 1 aliphatic heterocycles. The molecular formula is C21H32IN5O2S2. The lowest BCUT2D eigenvalue weighted by atomic mass is 10.2. The molecule has 0 spiro atoms. The Hall–Kier alpha value is -1.21. The summed E-state index contributed by atoms with van der Waals surface area (Å²) in [7, 11) is 1.43. The number of nitrogens with one attached hydrogen (secondary N) is 2. The maximum atomic E-state index is 12.2. The maximum Gasteiger partial charge on any atom is 0.242 e. The Morgan fingerprint density at radius 3 is 2.39 bits per heavy atom. The van der Waals surface area contributed by atoms with E-state index in [4.69, 9.17) is 0 Å². The molecule has 1 aliphatic rings. The lowest BCUT2D eigenvalue weighted by Crippen LogP contribution is -2.42. The summed E-state index contributed by atoms with van der Waals surface area (Å²) in [6.07, 6.45) is 2.52. The van der Waals surface area contributed by atoms with Crippen LogP contribution in [0.5, 0.6) is 0 Å². The number of guanidine groups is 1. The fourth-order valence-electron chi connectivity index (χ4n) is 3.53. The number of thiophene rings is 1. The van der Waals surface area contributed by atoms with Crippen molar-refractivity contribution in [3.63, 3.8) is 0 Å². The minimum absolute atomic E-state index is 0. The molecule has 31 heavy (non-hydrogen) atoms. The zero-order valence-corrected chi connectivity index (χ0v) is 22.2. The third kappa shape index (κ3) is 6.88. The predicted molar refractivity (Wildman–Crippen MR) is 139 cm³/mol. The first-order valence-corrected chi connectivity index (χ1v) is 12.5. The van der Waals surface area contributed by atoms with Gasteiger partial charge >= 0.3 is 0 Å². The van der Waals surface area contributed by atoms with Crippen LogP contribution < -0.4 is 10.6 Å². The van der Waals surface area contributed by atoms with Crippen LogP contribution >= 0.6 is 35.3 Å². The SMILES string of the molecule is CN=C(NCc1ccc(S(=O)(=O)N(C)C)cc1)NCC(c1cccs1)N1CCCC1.I. The van der Waals surface area contributed by atoms with Crippen LogP contribution in [0.3, 0.4) is 0 Å². The van der Waals surface area contributed by atoms with E-state index in [1.807, 2.05) is 12.1 Å². The van der Waals surface area contributed by atoms with E-state index in [1.54, 1.807) is 30.5 Å². The summed E-state index contributed by atoms with van der Waals surface area (Å²) >= 11 is 1.80. The first-order chi connectivity index (χ1) is 14.4. The maximum absolute atomic E-state index is 12.2. The number of hydrogen-bond donors (Lipinski definition) is 2. The molecule has 3 rings (SSSR count). The molecule has 2 N–H and O–H groups in total. The second-order valence-electron chi connectivity index (χ2n) is 7.51. The number of rotatable bonds is 8. The van der Waals surface area contributed by atoms with Gasteiger partial charge in [-0.1, -0.05) is 18.2 Å². The average molecular weight is 578 g/mol. The summed E-state index contributed by atoms with van der Waals surface area (Å²) < 4.78 is 25.6. The van der Waals surface area contributed by atoms with Gasteiger partial charge in [0.15, 0.2) is 5.96 Å². The van der Waals surface area contributed by atoms with Crippen molar-refractivity contribution >= 4 is 51.3 Å². The van der Waals surface area contributed by atoms with E-state index in [9.17, 15) is 8.42 Å². The van der Waals surface area contributed by atoms with Crippen LogP contribution in [-0.4, -0.2) is 64.4 Å². The van der Waals surface area contributed by atoms with Crippen LogP contribution in [-0.2, 0) is 16.6 Å². The molecule has 1 atom stereocenters. The molecule has 10 heteroatoms. The topological polar surface area (TPSA) is 77.0 Å². The molecule has 1 unspecified atom stereocenters. The molecule has 1 fully saturated rings. The second kappa shape index (κ2) is 12.1. The monoisotopic (exact) mass is 577 g/mol. The molecule has 0 saturated carbocycles. The fourth-order valence-corrected chi connectivity index (χ4v) is 5.30. The molecule has 2 aromatic rings. The van der Waals surface area contributed by atoms with Gasteiger partial charge in [0.2, 0.25) is 10.0 Å². The van der Waals surface area contributed by atoms with Crippen LogP contribution in [0.4, 0.5) is 0 Å². The second-order valence-corrected chi connectivity index (χ2v) is 10.6. The highest BCUT2D eigenvalue weighted by molar-refractivity contribution is 14.0. The number of hydrogen-bond acceptors (Lipinski definition) is 5. The van der Waals surface area contributed by atoms with Crippen molar-refractivity contribution < 1.29 is 8.42 Å². The van der Waals surface area contributed by atoms with E-state index in [0.29, 0.717) is 17.5 Å². The molecule has 0 amide bonds. The van der Waals surface area contributed by atoms with Crippen molar-refractivity contribution in [2.24, 2.45) is 4.99 Å². The van der Waals surface area contributed by atoms with Gasteiger partial charge in [-0.2, -0.15) is 0 Å². The Morgan fingerprint density at radius 2 is 1.84 bits per heavy atom. The number of halogens is 1. The number of sulfonamides is 1. The van der Waals surface area contributed by atoms with Gasteiger partial charge in [0.05, 0.1) is 10.9 Å². The van der Waals surface area contributed by atoms with E-state index in [-0.39, 0.29) is 24.0 Å². The molecule has 1 aromatic carbocycles. The molecule has 0 bridgehead atoms. The Morgan fingerprint density at radius 1 is 1.16 bits per heavy atom. The summed E-state index contributed by atoms with van der Waals surface area (Å²) in [6.45, 7) is 3.63. The zero-order chi connectivity index (χ0) is 21.6. The van der Waals surface area contributed by atoms with Gasteiger partial charge in [-0.15, -0.1) is 35.3 Å². The number of benzene rings is 1. The highest BCUT2D eigenvalue weighted by atomic mass is 127. The van der Waals surface area contributed by atoms with Crippen LogP contribution in [0.2, 0.25) is 0 Å². The average Bonchev–Trinajstić information content (AvgIpc) is 3.45. The van der Waals surface area contributed by atoms with Crippen molar-refractivity contribution in [3.05, 3.63) is 52.2 Å². The van der Waals surface area contributed by atoms with Crippen molar-refractivity contribution in [2.45, 2.75) is 30.3 Å². The van der Waals surface area contributed by atoms with E-state index in [1.165, 1.54) is 36.1 Å². The van der Waals surface area contributed by atoms with Crippen LogP contribution in [0.15, 0.2) is 51.7 Å². The zero-order valence-electron chi connectivity index (χ0n) is 18.2. The molecular weight excluding hydrogens is 545 g/mol. The van der Waals surface area contributed by atoms with Gasteiger partial charge in [0, 0.05) is 39.1 Å². The van der Waals surface area contributed by atoms with E-state index < -0.39 is 10.0 Å². The van der Waals surface area contributed by atoms with Gasteiger partial charge in [-0.3, -0.25) is 9.89 Å². The summed E-state index contributed by atoms with van der Waals surface area (Å²) in [4.78, 5) is 8.54. The smallest absolute Gasteiger partial charge is 0.242 e. The fraction of sp³-hybridized carbons (Fsp3) is 0.476. The Bertz CT molecular complexity index is 925. The van der Waals surface area contributed by atoms with Crippen molar-refractivity contribution in [3.8, 4) is 0 Å². The van der Waals surface area contributed by atoms with Gasteiger partial charge < -0.3 is 10.6 Å². The molecule has 0 radical (unpaired) electrons. The van der Waals surface area contributed by atoms with Crippen LogP contribution in [0.25, 0.3) is 0 Å². The molecule has 0 aliphatic carbocycles. The Labute approximate surface area is 207 Å². The third-order valence-corrected chi connectivity index (χ3v) is 8.10. The largest absolute Gasteiger partial charge is 0.354 e. The minimum Gasteiger partial charge on any atom is -0.354 e. The Balaban J connectivity index is 0.00000341. The molecule has 172 valence electrons. The minimum atomic E-state index is -3.40. The van der Waals surface area contributed by atoms with Gasteiger partial charge in [-0.25, -0.2) is 12.7 Å². The molecule has 1 saturated heterocycles. The van der Waals surface area contributed by atoms with Gasteiger partial charge in [0.25, 0.3) is 0 Å². The predicted octanol–water partition coefficient (Wildman–Crippen LogP) is 3.12. The highest BCUT2D eigenvalue weighted by Gasteiger charge is 2.24. The highest BCUT2D eigenvalue weighted by Crippen LogP contribution is 2.27. The van der Waals surface area contributed by atoms with Crippen molar-refractivity contribution in [2.75, 3.05) is 40.8 Å². The van der Waals surface area contributed by atoms with E-state index in [2.05, 4.69) is 38.0 Å². The van der Waals surface area contributed by atoms with E-state index >= 15 is 0 Å². The Kier molecular flexibility index (Phi) is 10.2. The first kappa shape index (κ1) is 26.0.